The molecule has 3 atom stereocenters. The number of benzene rings is 2. The van der Waals surface area contributed by atoms with Gasteiger partial charge in [-0.2, -0.15) is 5.26 Å². The minimum Gasteiger partial charge on any atom is -0.453 e. The largest absolute Gasteiger partial charge is 0.453 e. The van der Waals surface area contributed by atoms with E-state index in [1.54, 1.807) is 0 Å². The maximum atomic E-state index is 9.20. The first-order valence-corrected chi connectivity index (χ1v) is 8.68. The first kappa shape index (κ1) is 13.9. The Morgan fingerprint density at radius 2 is 1.75 bits per heavy atom. The molecule has 2 bridgehead atoms. The molecule has 3 heterocycles. The van der Waals surface area contributed by atoms with Crippen molar-refractivity contribution in [1.29, 1.82) is 5.26 Å². The average molecular weight is 317 g/mol. The summed E-state index contributed by atoms with van der Waals surface area (Å²) >= 11 is 0. The van der Waals surface area contributed by atoms with Gasteiger partial charge in [0.15, 0.2) is 11.5 Å². The van der Waals surface area contributed by atoms with Crippen molar-refractivity contribution in [1.82, 2.24) is 5.32 Å². The van der Waals surface area contributed by atoms with E-state index in [-0.39, 0.29) is 0 Å². The third kappa shape index (κ3) is 2.09. The molecule has 5 rings (SSSR count). The highest BCUT2D eigenvalue weighted by Crippen LogP contribution is 2.49. The lowest BCUT2D eigenvalue weighted by molar-refractivity contribution is 0.353. The summed E-state index contributed by atoms with van der Waals surface area (Å²) in [4.78, 5) is 2.45. The quantitative estimate of drug-likeness (QED) is 0.861. The Labute approximate surface area is 141 Å². The molecule has 4 heteroatoms. The average Bonchev–Trinajstić information content (AvgIpc) is 2.97. The number of hydrogen-bond acceptors (Lipinski definition) is 4. The number of rotatable bonds is 1. The van der Waals surface area contributed by atoms with E-state index in [0.717, 1.165) is 35.7 Å². The van der Waals surface area contributed by atoms with E-state index in [9.17, 15) is 5.26 Å². The van der Waals surface area contributed by atoms with Gasteiger partial charge < -0.3 is 15.0 Å². The van der Waals surface area contributed by atoms with Crippen molar-refractivity contribution in [2.45, 2.75) is 43.8 Å². The summed E-state index contributed by atoms with van der Waals surface area (Å²) in [6.45, 7) is 0. The number of nitriles is 1. The van der Waals surface area contributed by atoms with Crippen molar-refractivity contribution in [2.24, 2.45) is 0 Å². The molecule has 3 aliphatic rings. The summed E-state index contributed by atoms with van der Waals surface area (Å²) in [5.74, 6) is 1.67. The van der Waals surface area contributed by atoms with Gasteiger partial charge in [-0.05, 0) is 49.9 Å². The fraction of sp³-hybridized carbons (Fsp3) is 0.350. The van der Waals surface area contributed by atoms with Crippen LogP contribution in [0, 0.1) is 11.3 Å². The highest BCUT2D eigenvalue weighted by Gasteiger charge is 2.39. The van der Waals surface area contributed by atoms with Crippen LogP contribution in [0.1, 0.15) is 31.2 Å². The third-order valence-electron chi connectivity index (χ3n) is 5.51. The Bertz CT molecular complexity index is 829. The summed E-state index contributed by atoms with van der Waals surface area (Å²) in [5.41, 5.74) is 2.86. The van der Waals surface area contributed by atoms with E-state index in [1.807, 2.05) is 30.3 Å². The van der Waals surface area contributed by atoms with Crippen LogP contribution in [0.5, 0.6) is 11.5 Å². The topological polar surface area (TPSA) is 48.3 Å². The molecular weight excluding hydrogens is 298 g/mol. The third-order valence-corrected chi connectivity index (χ3v) is 5.51. The van der Waals surface area contributed by atoms with Crippen LogP contribution in [0.2, 0.25) is 0 Å². The first-order valence-electron chi connectivity index (χ1n) is 8.68. The molecule has 0 radical (unpaired) electrons. The lowest BCUT2D eigenvalue weighted by Gasteiger charge is -2.42. The van der Waals surface area contributed by atoms with E-state index < -0.39 is 0 Å². The zero-order chi connectivity index (χ0) is 16.1. The second kappa shape index (κ2) is 5.25. The van der Waals surface area contributed by atoms with E-state index in [1.165, 1.54) is 12.8 Å². The predicted molar refractivity (Wildman–Crippen MR) is 92.8 cm³/mol. The lowest BCUT2D eigenvalue weighted by Crippen LogP contribution is -2.47. The van der Waals surface area contributed by atoms with Gasteiger partial charge >= 0.3 is 0 Å². The van der Waals surface area contributed by atoms with E-state index in [4.69, 9.17) is 4.74 Å². The highest BCUT2D eigenvalue weighted by molar-refractivity contribution is 5.79. The van der Waals surface area contributed by atoms with Crippen molar-refractivity contribution >= 4 is 11.4 Å². The smallest absolute Gasteiger partial charge is 0.152 e. The van der Waals surface area contributed by atoms with Gasteiger partial charge in [-0.1, -0.05) is 12.1 Å². The Balaban J connectivity index is 1.62. The van der Waals surface area contributed by atoms with Gasteiger partial charge in [-0.15, -0.1) is 0 Å². The number of para-hydroxylation sites is 2. The van der Waals surface area contributed by atoms with Crippen molar-refractivity contribution in [3.63, 3.8) is 0 Å². The molecule has 2 fully saturated rings. The molecule has 0 saturated carbocycles. The molecule has 3 aliphatic heterocycles. The number of fused-ring (bicyclic) bond motifs is 4. The normalized spacial score (nSPS) is 27.0. The SMILES string of the molecule is N#Cc1ccc2c(c1)Oc1ccccc1N2C1C[C@H]2CC[C@@H](C1)N2. The molecule has 120 valence electrons. The Hall–Kier alpha value is -2.51. The predicted octanol–water partition coefficient (Wildman–Crippen LogP) is 4.09. The van der Waals surface area contributed by atoms with Gasteiger partial charge in [-0.3, -0.25) is 0 Å². The monoisotopic (exact) mass is 317 g/mol. The molecule has 2 saturated heterocycles. The number of hydrogen-bond donors (Lipinski definition) is 1. The Kier molecular flexibility index (Phi) is 3.04. The fourth-order valence-electron chi connectivity index (χ4n) is 4.49. The van der Waals surface area contributed by atoms with Gasteiger partial charge in [0, 0.05) is 24.2 Å². The standard InChI is InChI=1S/C20H19N3O/c21-12-13-5-8-18-20(9-13)24-19-4-2-1-3-17(19)23(18)16-10-14-6-7-15(11-16)22-14/h1-5,8-9,14-16,22H,6-7,10-11H2/t14-,15+,16?. The van der Waals surface area contributed by atoms with Crippen LogP contribution in [-0.2, 0) is 0 Å². The Morgan fingerprint density at radius 3 is 2.54 bits per heavy atom. The van der Waals surface area contributed by atoms with Gasteiger partial charge in [0.1, 0.15) is 0 Å². The highest BCUT2D eigenvalue weighted by atomic mass is 16.5. The van der Waals surface area contributed by atoms with E-state index >= 15 is 0 Å². The molecule has 24 heavy (non-hydrogen) atoms. The molecule has 0 aliphatic carbocycles. The maximum Gasteiger partial charge on any atom is 0.152 e. The van der Waals surface area contributed by atoms with Crippen molar-refractivity contribution in [2.75, 3.05) is 4.90 Å². The van der Waals surface area contributed by atoms with Gasteiger partial charge in [0.05, 0.1) is 23.0 Å². The fourth-order valence-corrected chi connectivity index (χ4v) is 4.49. The summed E-state index contributed by atoms with van der Waals surface area (Å²) < 4.78 is 6.10. The molecule has 1 N–H and O–H groups in total. The number of nitrogens with zero attached hydrogens (tertiary/aromatic N) is 2. The van der Waals surface area contributed by atoms with Crippen LogP contribution in [-0.4, -0.2) is 18.1 Å². The van der Waals surface area contributed by atoms with Gasteiger partial charge in [-0.25, -0.2) is 0 Å². The first-order chi connectivity index (χ1) is 11.8. The lowest BCUT2D eigenvalue weighted by atomic mass is 9.95. The molecule has 0 aromatic heterocycles. The van der Waals surface area contributed by atoms with Crippen molar-refractivity contribution in [3.8, 4) is 17.6 Å². The molecule has 2 aromatic carbocycles. The minimum atomic E-state index is 0.473. The van der Waals surface area contributed by atoms with Crippen LogP contribution in [0.25, 0.3) is 0 Å². The second-order valence-corrected chi connectivity index (χ2v) is 7.00. The Morgan fingerprint density at radius 1 is 1.00 bits per heavy atom. The molecule has 2 aromatic rings. The van der Waals surface area contributed by atoms with E-state index in [0.29, 0.717) is 23.7 Å². The number of ether oxygens (including phenoxy) is 1. The summed E-state index contributed by atoms with van der Waals surface area (Å²) in [6, 6.07) is 17.9. The number of piperidine rings is 1. The van der Waals surface area contributed by atoms with Crippen LogP contribution >= 0.6 is 0 Å². The molecule has 4 nitrogen and oxygen atoms in total. The van der Waals surface area contributed by atoms with Crippen LogP contribution in [0.3, 0.4) is 0 Å². The maximum absolute atomic E-state index is 9.20. The zero-order valence-electron chi connectivity index (χ0n) is 13.4. The molecule has 0 amide bonds. The van der Waals surface area contributed by atoms with Crippen LogP contribution in [0.15, 0.2) is 42.5 Å². The number of nitrogens with one attached hydrogen (secondary N) is 1. The van der Waals surface area contributed by atoms with Crippen molar-refractivity contribution < 1.29 is 4.74 Å². The van der Waals surface area contributed by atoms with E-state index in [2.05, 4.69) is 28.4 Å². The molecular formula is C20H19N3O. The summed E-state index contributed by atoms with van der Waals surface area (Å²) in [7, 11) is 0. The van der Waals surface area contributed by atoms with Crippen LogP contribution < -0.4 is 15.0 Å². The minimum absolute atomic E-state index is 0.473. The van der Waals surface area contributed by atoms with Gasteiger partial charge in [0.25, 0.3) is 0 Å². The number of anilines is 2. The molecule has 0 spiro atoms. The van der Waals surface area contributed by atoms with Gasteiger partial charge in [0.2, 0.25) is 0 Å². The van der Waals surface area contributed by atoms with Crippen LogP contribution in [0.4, 0.5) is 11.4 Å². The summed E-state index contributed by atoms with van der Waals surface area (Å²) in [5, 5.41) is 12.9. The summed E-state index contributed by atoms with van der Waals surface area (Å²) in [6.07, 6.45) is 4.88. The second-order valence-electron chi connectivity index (χ2n) is 7.00. The van der Waals surface area contributed by atoms with Crippen molar-refractivity contribution in [3.05, 3.63) is 48.0 Å². The zero-order valence-corrected chi connectivity index (χ0v) is 13.4. The molecule has 1 unspecified atom stereocenters.